The van der Waals surface area contributed by atoms with Gasteiger partial charge in [0.15, 0.2) is 5.75 Å². The molecule has 1 unspecified atom stereocenters. The number of carbonyl (C=O) groups is 1. The quantitative estimate of drug-likeness (QED) is 0.470. The molecule has 0 radical (unpaired) electrons. The van der Waals surface area contributed by atoms with Crippen LogP contribution in [0.4, 0.5) is 0 Å². The third kappa shape index (κ3) is 3.38. The maximum atomic E-state index is 12.5. The van der Waals surface area contributed by atoms with E-state index in [1.54, 1.807) is 6.20 Å². The van der Waals surface area contributed by atoms with Crippen molar-refractivity contribution in [2.24, 2.45) is 0 Å². The minimum Gasteiger partial charge on any atom is -0.616 e. The lowest BCUT2D eigenvalue weighted by Gasteiger charge is -2.06. The highest BCUT2D eigenvalue weighted by atomic mass is 79.9. The van der Waals surface area contributed by atoms with Crippen LogP contribution in [0.25, 0.3) is 22.2 Å². The molecule has 7 heteroatoms. The summed E-state index contributed by atoms with van der Waals surface area (Å²) < 4.78 is 13.2. The van der Waals surface area contributed by atoms with Crippen molar-refractivity contribution in [2.75, 3.05) is 12.0 Å². The maximum Gasteiger partial charge on any atom is 0.228 e. The number of nitrogens with one attached hydrogen (secondary N) is 1. The first-order valence-corrected chi connectivity index (χ1v) is 10.0. The van der Waals surface area contributed by atoms with Gasteiger partial charge in [-0.1, -0.05) is 37.9 Å². The molecular weight excluding hydrogens is 444 g/mol. The number of pyridine rings is 1. The zero-order valence-electron chi connectivity index (χ0n) is 12.1. The largest absolute Gasteiger partial charge is 0.616 e. The monoisotopic (exact) mass is 454 g/mol. The molecule has 0 spiro atoms. The number of H-pyrrole nitrogens is 1. The number of aromatic amines is 1. The second-order valence-electron chi connectivity index (χ2n) is 5.04. The first kappa shape index (κ1) is 16.7. The molecule has 1 aromatic carbocycles. The summed E-state index contributed by atoms with van der Waals surface area (Å²) in [5.41, 5.74) is 2.69. The molecule has 0 fully saturated rings. The summed E-state index contributed by atoms with van der Waals surface area (Å²) in [5.74, 6) is -0.212. The van der Waals surface area contributed by atoms with Gasteiger partial charge in [0.25, 0.3) is 0 Å². The van der Waals surface area contributed by atoms with Crippen molar-refractivity contribution in [1.82, 2.24) is 9.97 Å². The summed E-state index contributed by atoms with van der Waals surface area (Å²) in [6.45, 7) is 0. The van der Waals surface area contributed by atoms with Crippen molar-refractivity contribution in [3.8, 4) is 11.3 Å². The van der Waals surface area contributed by atoms with Crippen LogP contribution in [-0.2, 0) is 11.2 Å². The Morgan fingerprint density at radius 3 is 2.78 bits per heavy atom. The van der Waals surface area contributed by atoms with Gasteiger partial charge < -0.3 is 9.54 Å². The maximum absolute atomic E-state index is 12.5. The number of Topliss-reactive ketones (excluding diaryl/α,β-unsaturated/α-hetero) is 1. The second-order valence-corrected chi connectivity index (χ2v) is 8.25. The molecule has 0 bridgehead atoms. The van der Waals surface area contributed by atoms with E-state index in [2.05, 4.69) is 41.8 Å². The van der Waals surface area contributed by atoms with Gasteiger partial charge in [0.2, 0.25) is 5.78 Å². The molecule has 0 amide bonds. The van der Waals surface area contributed by atoms with Gasteiger partial charge in [0.05, 0.1) is 17.6 Å². The molecular formula is C16H12Br2N2O2S. The van der Waals surface area contributed by atoms with Crippen LogP contribution in [0.15, 0.2) is 45.5 Å². The number of ketones is 1. The summed E-state index contributed by atoms with van der Waals surface area (Å²) in [6, 6.07) is 9.39. The molecule has 0 saturated carbocycles. The van der Waals surface area contributed by atoms with E-state index in [0.717, 1.165) is 25.4 Å². The van der Waals surface area contributed by atoms with Crippen LogP contribution in [0.2, 0.25) is 0 Å². The smallest absolute Gasteiger partial charge is 0.228 e. The molecule has 118 valence electrons. The number of rotatable bonds is 4. The molecule has 2 aromatic heterocycles. The third-order valence-electron chi connectivity index (χ3n) is 3.35. The SMILES string of the molecule is C[S+]([O-])CC(=O)c1[nH]c2cc(Br)cc(Br)c2c1-c1ccccn1. The molecule has 3 aromatic rings. The second kappa shape index (κ2) is 6.76. The number of nitrogens with zero attached hydrogens (tertiary/aromatic N) is 1. The summed E-state index contributed by atoms with van der Waals surface area (Å²) in [6.07, 6.45) is 3.21. The molecule has 0 aliphatic rings. The summed E-state index contributed by atoms with van der Waals surface area (Å²) >= 11 is 5.81. The van der Waals surface area contributed by atoms with Gasteiger partial charge in [-0.15, -0.1) is 0 Å². The van der Waals surface area contributed by atoms with Crippen molar-refractivity contribution in [2.45, 2.75) is 0 Å². The van der Waals surface area contributed by atoms with E-state index in [0.29, 0.717) is 11.4 Å². The van der Waals surface area contributed by atoms with E-state index in [1.807, 2.05) is 30.3 Å². The Hall–Kier alpha value is -1.15. The van der Waals surface area contributed by atoms with Crippen molar-refractivity contribution in [1.29, 1.82) is 0 Å². The highest BCUT2D eigenvalue weighted by molar-refractivity contribution is 9.11. The van der Waals surface area contributed by atoms with Gasteiger partial charge >= 0.3 is 0 Å². The Morgan fingerprint density at radius 2 is 2.13 bits per heavy atom. The topological polar surface area (TPSA) is 68.8 Å². The number of hydrogen-bond donors (Lipinski definition) is 1. The van der Waals surface area contributed by atoms with Crippen molar-refractivity contribution in [3.63, 3.8) is 0 Å². The standard InChI is InChI=1S/C16H12Br2N2O2S/c1-23(22)8-13(21)16-15(11-4-2-3-5-19-11)14-10(18)6-9(17)7-12(14)20-16/h2-7,20H,8H2,1H3. The summed E-state index contributed by atoms with van der Waals surface area (Å²) in [7, 11) is 0. The average Bonchev–Trinajstić information content (AvgIpc) is 2.87. The van der Waals surface area contributed by atoms with Crippen LogP contribution >= 0.6 is 31.9 Å². The van der Waals surface area contributed by atoms with Gasteiger partial charge in [-0.05, 0) is 35.4 Å². The van der Waals surface area contributed by atoms with Crippen LogP contribution in [0.1, 0.15) is 10.5 Å². The molecule has 4 nitrogen and oxygen atoms in total. The summed E-state index contributed by atoms with van der Waals surface area (Å²) in [5, 5.41) is 0.886. The fourth-order valence-electron chi connectivity index (χ4n) is 2.48. The van der Waals surface area contributed by atoms with Gasteiger partial charge in [-0.3, -0.25) is 9.78 Å². The summed E-state index contributed by atoms with van der Waals surface area (Å²) in [4.78, 5) is 20.1. The molecule has 0 aliphatic heterocycles. The first-order chi connectivity index (χ1) is 11.0. The number of carbonyl (C=O) groups excluding carboxylic acids is 1. The van der Waals surface area contributed by atoms with Crippen molar-refractivity contribution in [3.05, 3.63) is 51.2 Å². The number of aromatic nitrogens is 2. The minimum atomic E-state index is -1.20. The Bertz CT molecular complexity index is 879. The van der Waals surface area contributed by atoms with E-state index in [-0.39, 0.29) is 11.5 Å². The Morgan fingerprint density at radius 1 is 1.35 bits per heavy atom. The number of benzene rings is 1. The highest BCUT2D eigenvalue weighted by Crippen LogP contribution is 2.38. The zero-order chi connectivity index (χ0) is 16.6. The van der Waals surface area contributed by atoms with Crippen LogP contribution in [0.3, 0.4) is 0 Å². The normalized spacial score (nSPS) is 12.5. The van der Waals surface area contributed by atoms with Gasteiger partial charge in [0.1, 0.15) is 0 Å². The van der Waals surface area contributed by atoms with Crippen molar-refractivity contribution >= 4 is 59.7 Å². The van der Waals surface area contributed by atoms with E-state index >= 15 is 0 Å². The Labute approximate surface area is 153 Å². The van der Waals surface area contributed by atoms with E-state index in [1.165, 1.54) is 6.26 Å². The van der Waals surface area contributed by atoms with Gasteiger partial charge in [-0.25, -0.2) is 0 Å². The number of halogens is 2. The molecule has 1 atom stereocenters. The molecule has 3 rings (SSSR count). The van der Waals surface area contributed by atoms with Crippen LogP contribution in [0.5, 0.6) is 0 Å². The third-order valence-corrected chi connectivity index (χ3v) is 5.10. The van der Waals surface area contributed by atoms with Crippen LogP contribution in [-0.4, -0.2) is 32.3 Å². The van der Waals surface area contributed by atoms with E-state index in [9.17, 15) is 9.35 Å². The lowest BCUT2D eigenvalue weighted by atomic mass is 10.1. The first-order valence-electron chi connectivity index (χ1n) is 6.72. The van der Waals surface area contributed by atoms with E-state index < -0.39 is 11.2 Å². The fourth-order valence-corrected chi connectivity index (χ4v) is 4.42. The van der Waals surface area contributed by atoms with Crippen LogP contribution < -0.4 is 0 Å². The Balaban J connectivity index is 2.31. The Kier molecular flexibility index (Phi) is 4.91. The molecule has 23 heavy (non-hydrogen) atoms. The number of hydrogen-bond acceptors (Lipinski definition) is 3. The molecule has 0 aliphatic carbocycles. The number of fused-ring (bicyclic) bond motifs is 1. The fraction of sp³-hybridized carbons (Fsp3) is 0.125. The average molecular weight is 456 g/mol. The van der Waals surface area contributed by atoms with Crippen LogP contribution in [0, 0.1) is 0 Å². The minimum absolute atomic E-state index is 0.0224. The predicted molar refractivity (Wildman–Crippen MR) is 100 cm³/mol. The lowest BCUT2D eigenvalue weighted by molar-refractivity contribution is 0.101. The molecule has 1 N–H and O–H groups in total. The molecule has 0 saturated heterocycles. The predicted octanol–water partition coefficient (Wildman–Crippen LogP) is 4.32. The van der Waals surface area contributed by atoms with E-state index in [4.69, 9.17) is 0 Å². The van der Waals surface area contributed by atoms with Gasteiger partial charge in [0, 0.05) is 31.6 Å². The molecule has 2 heterocycles. The zero-order valence-corrected chi connectivity index (χ0v) is 16.1. The van der Waals surface area contributed by atoms with Gasteiger partial charge in [-0.2, -0.15) is 0 Å². The highest BCUT2D eigenvalue weighted by Gasteiger charge is 2.24. The lowest BCUT2D eigenvalue weighted by Crippen LogP contribution is -2.15. The van der Waals surface area contributed by atoms with Crippen molar-refractivity contribution < 1.29 is 9.35 Å².